The number of carbonyl (C=O) groups excluding carboxylic acids is 1. The van der Waals surface area contributed by atoms with E-state index >= 15 is 0 Å². The molecule has 30 heavy (non-hydrogen) atoms. The summed E-state index contributed by atoms with van der Waals surface area (Å²) >= 11 is 0. The number of aliphatic hydroxyl groups excluding tert-OH is 1. The van der Waals surface area contributed by atoms with Gasteiger partial charge in [0.1, 0.15) is 12.1 Å². The predicted octanol–water partition coefficient (Wildman–Crippen LogP) is 2.41. The number of nitrogens with zero attached hydrogens (tertiary/aromatic N) is 3. The second-order valence-electron chi connectivity index (χ2n) is 7.77. The van der Waals surface area contributed by atoms with Crippen LogP contribution in [0.4, 0.5) is 4.39 Å². The van der Waals surface area contributed by atoms with E-state index in [1.54, 1.807) is 18.2 Å². The van der Waals surface area contributed by atoms with Crippen LogP contribution in [0.1, 0.15) is 48.1 Å². The lowest BCUT2D eigenvalue weighted by Crippen LogP contribution is -2.48. The lowest BCUT2D eigenvalue weighted by Gasteiger charge is -2.35. The van der Waals surface area contributed by atoms with E-state index in [4.69, 9.17) is 4.42 Å². The second kappa shape index (κ2) is 11.2. The molecule has 0 spiro atoms. The van der Waals surface area contributed by atoms with Crippen molar-refractivity contribution >= 4 is 5.91 Å². The van der Waals surface area contributed by atoms with Crippen molar-refractivity contribution in [2.45, 2.75) is 45.4 Å². The molecule has 1 aliphatic rings. The van der Waals surface area contributed by atoms with E-state index in [-0.39, 0.29) is 30.1 Å². The van der Waals surface area contributed by atoms with Gasteiger partial charge in [0.25, 0.3) is 5.91 Å². The lowest BCUT2D eigenvalue weighted by molar-refractivity contribution is 0.0627. The number of halogens is 1. The minimum Gasteiger partial charge on any atom is -0.447 e. The maximum absolute atomic E-state index is 13.7. The van der Waals surface area contributed by atoms with Gasteiger partial charge in [-0.05, 0) is 12.5 Å². The molecule has 1 aromatic carbocycles. The summed E-state index contributed by atoms with van der Waals surface area (Å²) in [5.74, 6) is -0.253. The number of unbranched alkanes of at least 4 members (excludes halogenated alkanes) is 1. The van der Waals surface area contributed by atoms with Crippen molar-refractivity contribution in [1.82, 2.24) is 20.1 Å². The molecule has 0 bridgehead atoms. The molecule has 1 atom stereocenters. The van der Waals surface area contributed by atoms with Gasteiger partial charge in [-0.15, -0.1) is 0 Å². The highest BCUT2D eigenvalue weighted by molar-refractivity contribution is 5.91. The summed E-state index contributed by atoms with van der Waals surface area (Å²) in [6, 6.07) is 6.33. The molecule has 0 saturated carbocycles. The van der Waals surface area contributed by atoms with Gasteiger partial charge in [-0.1, -0.05) is 38.0 Å². The number of nitrogens with one attached hydrogen (secondary N) is 1. The number of benzene rings is 1. The molecular weight excluding hydrogens is 387 g/mol. The SMILES string of the molecule is CCCC[C@H](O)CN1CCN(Cc2nc(C(=O)NCc3ccccc3F)co2)CC1. The fraction of sp³-hybridized carbons (Fsp3) is 0.545. The molecule has 0 aliphatic carbocycles. The number of hydrogen-bond donors (Lipinski definition) is 2. The fourth-order valence-electron chi connectivity index (χ4n) is 3.55. The molecule has 0 radical (unpaired) electrons. The van der Waals surface area contributed by atoms with Crippen LogP contribution < -0.4 is 5.32 Å². The third-order valence-electron chi connectivity index (χ3n) is 5.37. The van der Waals surface area contributed by atoms with E-state index in [1.807, 2.05) is 0 Å². The van der Waals surface area contributed by atoms with Crippen molar-refractivity contribution in [3.63, 3.8) is 0 Å². The zero-order chi connectivity index (χ0) is 21.3. The standard InChI is InChI=1S/C22H31FN4O3/c1-2-3-7-18(28)14-26-9-11-27(12-10-26)15-21-25-20(16-30-21)22(29)24-13-17-6-4-5-8-19(17)23/h4-6,8,16,18,28H,2-3,7,9-15H2,1H3,(H,24,29)/t18-/m0/s1. The quantitative estimate of drug-likeness (QED) is 0.617. The molecule has 7 nitrogen and oxygen atoms in total. The fourth-order valence-corrected chi connectivity index (χ4v) is 3.55. The zero-order valence-electron chi connectivity index (χ0n) is 17.5. The molecule has 0 unspecified atom stereocenters. The van der Waals surface area contributed by atoms with Gasteiger partial charge in [0, 0.05) is 44.8 Å². The van der Waals surface area contributed by atoms with Crippen LogP contribution in [0.15, 0.2) is 34.9 Å². The summed E-state index contributed by atoms with van der Waals surface area (Å²) in [7, 11) is 0. The summed E-state index contributed by atoms with van der Waals surface area (Å²) in [5, 5.41) is 12.7. The first-order valence-electron chi connectivity index (χ1n) is 10.6. The number of aromatic nitrogens is 1. The van der Waals surface area contributed by atoms with Gasteiger partial charge in [0.15, 0.2) is 5.69 Å². The molecule has 8 heteroatoms. The van der Waals surface area contributed by atoms with Crippen LogP contribution in [0.3, 0.4) is 0 Å². The normalized spacial score (nSPS) is 16.5. The van der Waals surface area contributed by atoms with Crippen LogP contribution in [0.5, 0.6) is 0 Å². The zero-order valence-corrected chi connectivity index (χ0v) is 17.5. The summed E-state index contributed by atoms with van der Waals surface area (Å²) < 4.78 is 19.1. The number of rotatable bonds is 10. The molecular formula is C22H31FN4O3. The first-order chi connectivity index (χ1) is 14.5. The van der Waals surface area contributed by atoms with E-state index in [0.717, 1.165) is 52.0 Å². The molecule has 1 saturated heterocycles. The van der Waals surface area contributed by atoms with Crippen LogP contribution in [0.2, 0.25) is 0 Å². The Labute approximate surface area is 176 Å². The summed E-state index contributed by atoms with van der Waals surface area (Å²) in [4.78, 5) is 21.0. The van der Waals surface area contributed by atoms with E-state index < -0.39 is 0 Å². The van der Waals surface area contributed by atoms with Crippen molar-refractivity contribution in [1.29, 1.82) is 0 Å². The van der Waals surface area contributed by atoms with Crippen LogP contribution in [-0.2, 0) is 13.1 Å². The third-order valence-corrected chi connectivity index (χ3v) is 5.37. The molecule has 1 fully saturated rings. The molecule has 1 aromatic heterocycles. The number of amides is 1. The Morgan fingerprint density at radius 3 is 2.73 bits per heavy atom. The topological polar surface area (TPSA) is 81.8 Å². The van der Waals surface area contributed by atoms with Gasteiger partial charge in [-0.25, -0.2) is 9.37 Å². The molecule has 1 aliphatic heterocycles. The van der Waals surface area contributed by atoms with Gasteiger partial charge >= 0.3 is 0 Å². The Balaban J connectivity index is 1.41. The number of aliphatic hydroxyl groups is 1. The summed E-state index contributed by atoms with van der Waals surface area (Å²) in [5.41, 5.74) is 0.617. The van der Waals surface area contributed by atoms with Gasteiger partial charge in [0.05, 0.1) is 12.6 Å². The maximum atomic E-state index is 13.7. The Kier molecular flexibility index (Phi) is 8.36. The predicted molar refractivity (Wildman–Crippen MR) is 111 cm³/mol. The Morgan fingerprint density at radius 2 is 2.00 bits per heavy atom. The number of oxazole rings is 1. The van der Waals surface area contributed by atoms with Gasteiger partial charge in [-0.3, -0.25) is 14.6 Å². The summed E-state index contributed by atoms with van der Waals surface area (Å²) in [6.45, 7) is 6.98. The highest BCUT2D eigenvalue weighted by Gasteiger charge is 2.21. The largest absolute Gasteiger partial charge is 0.447 e. The number of hydrogen-bond acceptors (Lipinski definition) is 6. The maximum Gasteiger partial charge on any atom is 0.273 e. The highest BCUT2D eigenvalue weighted by Crippen LogP contribution is 2.11. The van der Waals surface area contributed by atoms with Crippen LogP contribution >= 0.6 is 0 Å². The first kappa shape index (κ1) is 22.4. The monoisotopic (exact) mass is 418 g/mol. The van der Waals surface area contributed by atoms with Gasteiger partial charge in [-0.2, -0.15) is 0 Å². The summed E-state index contributed by atoms with van der Waals surface area (Å²) in [6.07, 6.45) is 4.10. The number of piperazine rings is 1. The van der Waals surface area contributed by atoms with Gasteiger partial charge < -0.3 is 14.8 Å². The van der Waals surface area contributed by atoms with E-state index in [1.165, 1.54) is 12.3 Å². The lowest BCUT2D eigenvalue weighted by atomic mass is 10.1. The van der Waals surface area contributed by atoms with Crippen molar-refractivity contribution in [3.05, 3.63) is 53.5 Å². The van der Waals surface area contributed by atoms with Crippen molar-refractivity contribution in [2.75, 3.05) is 32.7 Å². The van der Waals surface area contributed by atoms with Crippen LogP contribution in [-0.4, -0.2) is 64.6 Å². The number of carbonyl (C=O) groups is 1. The van der Waals surface area contributed by atoms with Crippen molar-refractivity contribution < 1.29 is 18.7 Å². The Hall–Kier alpha value is -2.29. The molecule has 164 valence electrons. The Bertz CT molecular complexity index is 805. The van der Waals surface area contributed by atoms with Crippen molar-refractivity contribution in [2.24, 2.45) is 0 Å². The minimum atomic E-state index is -0.390. The van der Waals surface area contributed by atoms with Crippen LogP contribution in [0.25, 0.3) is 0 Å². The number of β-amino-alcohol motifs (C(OH)–C–C–N with tert-alkyl or cyclic N) is 1. The third kappa shape index (κ3) is 6.62. The smallest absolute Gasteiger partial charge is 0.273 e. The molecule has 2 heterocycles. The average Bonchev–Trinajstić information content (AvgIpc) is 3.21. The van der Waals surface area contributed by atoms with E-state index in [2.05, 4.69) is 27.0 Å². The molecule has 2 N–H and O–H groups in total. The molecule has 1 amide bonds. The minimum absolute atomic E-state index is 0.0970. The Morgan fingerprint density at radius 1 is 1.27 bits per heavy atom. The molecule has 3 rings (SSSR count). The highest BCUT2D eigenvalue weighted by atomic mass is 19.1. The second-order valence-corrected chi connectivity index (χ2v) is 7.77. The van der Waals surface area contributed by atoms with E-state index in [0.29, 0.717) is 18.0 Å². The van der Waals surface area contributed by atoms with E-state index in [9.17, 15) is 14.3 Å². The van der Waals surface area contributed by atoms with Crippen LogP contribution in [0, 0.1) is 5.82 Å². The first-order valence-corrected chi connectivity index (χ1v) is 10.6. The molecule has 2 aromatic rings. The van der Waals surface area contributed by atoms with Crippen molar-refractivity contribution in [3.8, 4) is 0 Å². The van der Waals surface area contributed by atoms with Gasteiger partial charge in [0.2, 0.25) is 5.89 Å². The average molecular weight is 419 g/mol.